The number of rotatable bonds is 5. The number of likely N-dealkylation sites (tertiary alicyclic amines) is 1. The Labute approximate surface area is 140 Å². The first-order valence-electron chi connectivity index (χ1n) is 8.35. The molecule has 1 aliphatic heterocycles. The number of amides is 4. The highest BCUT2D eigenvalue weighted by Crippen LogP contribution is 2.18. The summed E-state index contributed by atoms with van der Waals surface area (Å²) in [6.45, 7) is 1.64. The van der Waals surface area contributed by atoms with Gasteiger partial charge in [0.15, 0.2) is 0 Å². The van der Waals surface area contributed by atoms with Gasteiger partial charge in [0.2, 0.25) is 5.91 Å². The molecule has 0 radical (unpaired) electrons. The Kier molecular flexibility index (Phi) is 4.98. The average Bonchev–Trinajstić information content (AvgIpc) is 3.21. The highest BCUT2D eigenvalue weighted by molar-refractivity contribution is 5.97. The second kappa shape index (κ2) is 7.33. The molecule has 2 fully saturated rings. The number of hydrogen-bond donors (Lipinski definition) is 3. The third-order valence-electron chi connectivity index (χ3n) is 4.14. The molecule has 2 aliphatic rings. The molecule has 128 valence electrons. The van der Waals surface area contributed by atoms with Crippen LogP contribution >= 0.6 is 0 Å². The summed E-state index contributed by atoms with van der Waals surface area (Å²) < 4.78 is 0. The predicted molar refractivity (Wildman–Crippen MR) is 89.8 cm³/mol. The number of urea groups is 1. The Morgan fingerprint density at radius 3 is 2.33 bits per heavy atom. The molecular weight excluding hydrogens is 308 g/mol. The van der Waals surface area contributed by atoms with Crippen molar-refractivity contribution in [2.45, 2.75) is 31.7 Å². The first-order valence-corrected chi connectivity index (χ1v) is 8.35. The maximum Gasteiger partial charge on any atom is 0.321 e. The lowest BCUT2D eigenvalue weighted by atomic mass is 10.2. The Balaban J connectivity index is 1.44. The van der Waals surface area contributed by atoms with Crippen LogP contribution < -0.4 is 16.0 Å². The highest BCUT2D eigenvalue weighted by Gasteiger charge is 2.23. The summed E-state index contributed by atoms with van der Waals surface area (Å²) in [5.41, 5.74) is 1.38. The molecule has 0 bridgehead atoms. The molecule has 3 rings (SSSR count). The number of benzene rings is 1. The van der Waals surface area contributed by atoms with Crippen molar-refractivity contribution in [3.05, 3.63) is 29.8 Å². The van der Waals surface area contributed by atoms with E-state index < -0.39 is 11.9 Å². The summed E-state index contributed by atoms with van der Waals surface area (Å²) in [4.78, 5) is 37.2. The molecule has 1 aromatic carbocycles. The molecule has 4 amide bonds. The van der Waals surface area contributed by atoms with Crippen molar-refractivity contribution in [2.75, 3.05) is 25.0 Å². The first-order chi connectivity index (χ1) is 11.6. The second-order valence-corrected chi connectivity index (χ2v) is 6.23. The van der Waals surface area contributed by atoms with Crippen LogP contribution in [0.2, 0.25) is 0 Å². The van der Waals surface area contributed by atoms with E-state index in [1.54, 1.807) is 24.3 Å². The molecular formula is C17H22N4O3. The zero-order valence-corrected chi connectivity index (χ0v) is 13.5. The van der Waals surface area contributed by atoms with E-state index in [1.807, 2.05) is 4.90 Å². The van der Waals surface area contributed by atoms with Crippen molar-refractivity contribution in [1.82, 2.24) is 15.5 Å². The Bertz CT molecular complexity index is 619. The van der Waals surface area contributed by atoms with Gasteiger partial charge in [-0.2, -0.15) is 0 Å². The van der Waals surface area contributed by atoms with Gasteiger partial charge in [-0.3, -0.25) is 14.9 Å². The van der Waals surface area contributed by atoms with Gasteiger partial charge in [0, 0.05) is 30.4 Å². The smallest absolute Gasteiger partial charge is 0.321 e. The minimum Gasteiger partial charge on any atom is -0.376 e. The number of carbonyl (C=O) groups is 3. The number of anilines is 1. The van der Waals surface area contributed by atoms with Crippen LogP contribution in [-0.2, 0) is 4.79 Å². The molecule has 0 atom stereocenters. The summed E-state index contributed by atoms with van der Waals surface area (Å²) in [6.07, 6.45) is 4.08. The summed E-state index contributed by atoms with van der Waals surface area (Å²) in [6, 6.07) is 6.80. The third-order valence-corrected chi connectivity index (χ3v) is 4.14. The van der Waals surface area contributed by atoms with E-state index in [0.717, 1.165) is 44.5 Å². The van der Waals surface area contributed by atoms with E-state index in [9.17, 15) is 14.4 Å². The van der Waals surface area contributed by atoms with Crippen LogP contribution in [0.4, 0.5) is 10.5 Å². The fraction of sp³-hybridized carbons (Fsp3) is 0.471. The Morgan fingerprint density at radius 2 is 1.71 bits per heavy atom. The van der Waals surface area contributed by atoms with Gasteiger partial charge in [0.1, 0.15) is 0 Å². The van der Waals surface area contributed by atoms with Crippen LogP contribution in [-0.4, -0.2) is 48.4 Å². The van der Waals surface area contributed by atoms with Gasteiger partial charge in [0.05, 0.1) is 6.54 Å². The van der Waals surface area contributed by atoms with Crippen molar-refractivity contribution in [3.8, 4) is 0 Å². The molecule has 7 nitrogen and oxygen atoms in total. The minimum atomic E-state index is -0.448. The lowest BCUT2D eigenvalue weighted by molar-refractivity contribution is -0.118. The van der Waals surface area contributed by atoms with Crippen LogP contribution in [0.15, 0.2) is 24.3 Å². The predicted octanol–water partition coefficient (Wildman–Crippen LogP) is 1.32. The zero-order valence-electron chi connectivity index (χ0n) is 13.5. The molecule has 1 saturated carbocycles. The van der Waals surface area contributed by atoms with Gasteiger partial charge in [0.25, 0.3) is 5.91 Å². The molecule has 0 spiro atoms. The maximum absolute atomic E-state index is 12.2. The number of imide groups is 1. The quantitative estimate of drug-likeness (QED) is 0.759. The summed E-state index contributed by atoms with van der Waals surface area (Å²) >= 11 is 0. The van der Waals surface area contributed by atoms with Crippen LogP contribution in [0.3, 0.4) is 0 Å². The molecule has 1 aliphatic carbocycles. The molecule has 0 unspecified atom stereocenters. The normalized spacial score (nSPS) is 16.6. The Hall–Kier alpha value is -2.57. The molecule has 3 N–H and O–H groups in total. The fourth-order valence-corrected chi connectivity index (χ4v) is 2.64. The molecule has 1 aromatic rings. The molecule has 1 saturated heterocycles. The van der Waals surface area contributed by atoms with Crippen molar-refractivity contribution >= 4 is 23.5 Å². The standard InChI is InChI=1S/C17H22N4O3/c22-15(20-17(24)19-14-7-8-14)11-18-13-5-3-12(4-6-13)16(23)21-9-1-2-10-21/h3-6,14,18H,1-2,7-11H2,(H2,19,20,22,24). The molecule has 1 heterocycles. The third kappa shape index (κ3) is 4.47. The van der Waals surface area contributed by atoms with E-state index >= 15 is 0 Å². The van der Waals surface area contributed by atoms with E-state index in [4.69, 9.17) is 0 Å². The molecule has 24 heavy (non-hydrogen) atoms. The number of hydrogen-bond acceptors (Lipinski definition) is 4. The van der Waals surface area contributed by atoms with Crippen molar-refractivity contribution < 1.29 is 14.4 Å². The van der Waals surface area contributed by atoms with Crippen molar-refractivity contribution in [2.24, 2.45) is 0 Å². The summed E-state index contributed by atoms with van der Waals surface area (Å²) in [5.74, 6) is -0.348. The first kappa shape index (κ1) is 16.3. The van der Waals surface area contributed by atoms with Crippen molar-refractivity contribution in [3.63, 3.8) is 0 Å². The topological polar surface area (TPSA) is 90.5 Å². The van der Waals surface area contributed by atoms with Gasteiger partial charge in [-0.15, -0.1) is 0 Å². The van der Waals surface area contributed by atoms with Gasteiger partial charge in [-0.1, -0.05) is 0 Å². The van der Waals surface area contributed by atoms with Crippen LogP contribution in [0.1, 0.15) is 36.0 Å². The number of nitrogens with zero attached hydrogens (tertiary/aromatic N) is 1. The lowest BCUT2D eigenvalue weighted by Crippen LogP contribution is -2.42. The van der Waals surface area contributed by atoms with Gasteiger partial charge >= 0.3 is 6.03 Å². The van der Waals surface area contributed by atoms with Crippen LogP contribution in [0, 0.1) is 0 Å². The molecule has 0 aromatic heterocycles. The van der Waals surface area contributed by atoms with E-state index in [-0.39, 0.29) is 18.5 Å². The average molecular weight is 330 g/mol. The monoisotopic (exact) mass is 330 g/mol. The van der Waals surface area contributed by atoms with E-state index in [2.05, 4.69) is 16.0 Å². The number of carbonyl (C=O) groups excluding carboxylic acids is 3. The van der Waals surface area contributed by atoms with Gasteiger partial charge in [-0.25, -0.2) is 4.79 Å². The highest BCUT2D eigenvalue weighted by atomic mass is 16.2. The maximum atomic E-state index is 12.2. The van der Waals surface area contributed by atoms with Crippen molar-refractivity contribution in [1.29, 1.82) is 0 Å². The van der Waals surface area contributed by atoms with E-state index in [0.29, 0.717) is 5.56 Å². The van der Waals surface area contributed by atoms with Crippen LogP contribution in [0.25, 0.3) is 0 Å². The lowest BCUT2D eigenvalue weighted by Gasteiger charge is -2.15. The van der Waals surface area contributed by atoms with Gasteiger partial charge in [-0.05, 0) is 49.9 Å². The summed E-state index contributed by atoms with van der Waals surface area (Å²) in [5, 5.41) is 7.90. The van der Waals surface area contributed by atoms with Gasteiger partial charge < -0.3 is 15.5 Å². The largest absolute Gasteiger partial charge is 0.376 e. The Morgan fingerprint density at radius 1 is 1.04 bits per heavy atom. The zero-order chi connectivity index (χ0) is 16.9. The summed E-state index contributed by atoms with van der Waals surface area (Å²) in [7, 11) is 0. The van der Waals surface area contributed by atoms with Crippen LogP contribution in [0.5, 0.6) is 0 Å². The molecule has 7 heteroatoms. The van der Waals surface area contributed by atoms with E-state index in [1.165, 1.54) is 0 Å². The second-order valence-electron chi connectivity index (χ2n) is 6.23. The SMILES string of the molecule is O=C(CNc1ccc(C(=O)N2CCCC2)cc1)NC(=O)NC1CC1. The fourth-order valence-electron chi connectivity index (χ4n) is 2.64. The minimum absolute atomic E-state index is 0.00248. The number of nitrogens with one attached hydrogen (secondary N) is 3.